The third-order valence-corrected chi connectivity index (χ3v) is 6.06. The second-order valence-corrected chi connectivity index (χ2v) is 8.65. The Morgan fingerprint density at radius 1 is 1.15 bits per heavy atom. The molecular weight excluding hydrogens is 450 g/mol. The normalized spacial score (nSPS) is 11.5. The number of hydrogen-bond donors (Lipinski definition) is 2. The lowest BCUT2D eigenvalue weighted by molar-refractivity contribution is -0.121. The van der Waals surface area contributed by atoms with Gasteiger partial charge in [-0.15, -0.1) is 16.8 Å². The van der Waals surface area contributed by atoms with Crippen molar-refractivity contribution in [2.24, 2.45) is 0 Å². The van der Waals surface area contributed by atoms with Crippen molar-refractivity contribution in [1.82, 2.24) is 20.1 Å². The fourth-order valence-electron chi connectivity index (χ4n) is 3.34. The number of carbonyl (C=O) groups excluding carboxylic acids is 2. The first-order valence-corrected chi connectivity index (χ1v) is 11.8. The molecule has 2 aromatic carbocycles. The Bertz CT molecular complexity index is 1140. The smallest absolute Gasteiger partial charge is 0.234 e. The van der Waals surface area contributed by atoms with E-state index < -0.39 is 0 Å². The van der Waals surface area contributed by atoms with E-state index in [1.807, 2.05) is 66.9 Å². The number of aryl methyl sites for hydroxylation is 1. The molecule has 1 aromatic heterocycles. The monoisotopic (exact) mass is 479 g/mol. The zero-order chi connectivity index (χ0) is 24.5. The molecule has 0 spiro atoms. The van der Waals surface area contributed by atoms with E-state index >= 15 is 0 Å². The number of carbonyl (C=O) groups is 2. The van der Waals surface area contributed by atoms with Crippen molar-refractivity contribution < 1.29 is 14.3 Å². The van der Waals surface area contributed by atoms with Gasteiger partial charge in [0.1, 0.15) is 5.75 Å². The molecule has 0 saturated carbocycles. The van der Waals surface area contributed by atoms with Crippen LogP contribution in [-0.2, 0) is 22.6 Å². The maximum Gasteiger partial charge on any atom is 0.234 e. The van der Waals surface area contributed by atoms with E-state index in [9.17, 15) is 9.59 Å². The summed E-state index contributed by atoms with van der Waals surface area (Å²) in [5.41, 5.74) is 2.67. The highest BCUT2D eigenvalue weighted by atomic mass is 32.2. The summed E-state index contributed by atoms with van der Waals surface area (Å²) < 4.78 is 7.01. The van der Waals surface area contributed by atoms with E-state index in [2.05, 4.69) is 27.4 Å². The topological polar surface area (TPSA) is 98.1 Å². The lowest BCUT2D eigenvalue weighted by Gasteiger charge is -2.15. The highest BCUT2D eigenvalue weighted by Gasteiger charge is 2.20. The highest BCUT2D eigenvalue weighted by Crippen LogP contribution is 2.22. The molecule has 0 bridgehead atoms. The van der Waals surface area contributed by atoms with Crippen molar-refractivity contribution >= 4 is 29.3 Å². The summed E-state index contributed by atoms with van der Waals surface area (Å²) >= 11 is 1.29. The minimum absolute atomic E-state index is 0.127. The fourth-order valence-corrected chi connectivity index (χ4v) is 4.10. The van der Waals surface area contributed by atoms with Crippen LogP contribution in [0, 0.1) is 6.92 Å². The predicted octanol–water partition coefficient (Wildman–Crippen LogP) is 3.93. The fraction of sp³-hybridized carbons (Fsp3) is 0.280. The first kappa shape index (κ1) is 25.0. The van der Waals surface area contributed by atoms with Gasteiger partial charge in [-0.2, -0.15) is 0 Å². The highest BCUT2D eigenvalue weighted by molar-refractivity contribution is 7.99. The number of hydrogen-bond acceptors (Lipinski definition) is 6. The van der Waals surface area contributed by atoms with Gasteiger partial charge in [-0.05, 0) is 43.2 Å². The average Bonchev–Trinajstić information content (AvgIpc) is 3.22. The van der Waals surface area contributed by atoms with Gasteiger partial charge in [-0.1, -0.05) is 48.2 Å². The first-order chi connectivity index (χ1) is 16.4. The number of nitrogens with one attached hydrogen (secondary N) is 2. The number of benzene rings is 2. The molecule has 1 atom stereocenters. The Labute approximate surface area is 203 Å². The van der Waals surface area contributed by atoms with Gasteiger partial charge in [-0.25, -0.2) is 0 Å². The van der Waals surface area contributed by atoms with Crippen molar-refractivity contribution in [3.63, 3.8) is 0 Å². The number of anilines is 1. The zero-order valence-corrected chi connectivity index (χ0v) is 20.4. The predicted molar refractivity (Wildman–Crippen MR) is 134 cm³/mol. The SMILES string of the molecule is C=CCn1c(SCC(=O)Nc2ccccc2C)nnc1[C@H](C)NC(=O)Cc1ccc(OC)cc1. The molecule has 3 aromatic rings. The van der Waals surface area contributed by atoms with Crippen LogP contribution in [0.1, 0.15) is 29.9 Å². The van der Waals surface area contributed by atoms with E-state index in [4.69, 9.17) is 4.74 Å². The molecule has 0 saturated heterocycles. The molecule has 0 aliphatic heterocycles. The largest absolute Gasteiger partial charge is 0.497 e. The summed E-state index contributed by atoms with van der Waals surface area (Å²) in [6.07, 6.45) is 1.97. The van der Waals surface area contributed by atoms with Gasteiger partial charge in [0.2, 0.25) is 11.8 Å². The summed E-state index contributed by atoms with van der Waals surface area (Å²) in [5, 5.41) is 15.0. The van der Waals surface area contributed by atoms with Crippen LogP contribution in [0.15, 0.2) is 66.3 Å². The van der Waals surface area contributed by atoms with Gasteiger partial charge in [0.25, 0.3) is 0 Å². The zero-order valence-electron chi connectivity index (χ0n) is 19.6. The number of methoxy groups -OCH3 is 1. The number of rotatable bonds is 11. The third-order valence-electron chi connectivity index (χ3n) is 5.10. The lowest BCUT2D eigenvalue weighted by atomic mass is 10.1. The molecule has 0 radical (unpaired) electrons. The molecule has 2 N–H and O–H groups in total. The number of para-hydroxylation sites is 1. The van der Waals surface area contributed by atoms with E-state index in [0.717, 1.165) is 22.6 Å². The van der Waals surface area contributed by atoms with Crippen LogP contribution >= 0.6 is 11.8 Å². The van der Waals surface area contributed by atoms with Gasteiger partial charge in [0, 0.05) is 12.2 Å². The number of aromatic nitrogens is 3. The molecule has 0 aliphatic rings. The first-order valence-electron chi connectivity index (χ1n) is 10.9. The molecule has 0 unspecified atom stereocenters. The van der Waals surface area contributed by atoms with Crippen LogP contribution < -0.4 is 15.4 Å². The third kappa shape index (κ3) is 6.71. The molecule has 3 rings (SSSR count). The molecule has 9 heteroatoms. The average molecular weight is 480 g/mol. The molecule has 178 valence electrons. The standard InChI is InChI=1S/C25H29N5O3S/c1-5-14-30-24(18(3)26-22(31)15-19-10-12-20(33-4)13-11-19)28-29-25(30)34-16-23(32)27-21-9-7-6-8-17(21)2/h5-13,18H,1,14-16H2,2-4H3,(H,26,31)(H,27,32)/t18-/m0/s1. The van der Waals surface area contributed by atoms with Crippen molar-refractivity contribution in [1.29, 1.82) is 0 Å². The van der Waals surface area contributed by atoms with Gasteiger partial charge in [0.15, 0.2) is 11.0 Å². The molecule has 0 aliphatic carbocycles. The van der Waals surface area contributed by atoms with Crippen LogP contribution in [-0.4, -0.2) is 39.4 Å². The Balaban J connectivity index is 1.61. The van der Waals surface area contributed by atoms with E-state index in [1.165, 1.54) is 11.8 Å². The van der Waals surface area contributed by atoms with E-state index in [0.29, 0.717) is 17.5 Å². The number of thioether (sulfide) groups is 1. The molecule has 2 amide bonds. The lowest BCUT2D eigenvalue weighted by Crippen LogP contribution is -2.30. The number of allylic oxidation sites excluding steroid dienone is 1. The van der Waals surface area contributed by atoms with Crippen molar-refractivity contribution in [2.75, 3.05) is 18.2 Å². The van der Waals surface area contributed by atoms with Crippen LogP contribution in [0.2, 0.25) is 0 Å². The number of amides is 2. The van der Waals surface area contributed by atoms with Gasteiger partial charge in [-0.3, -0.25) is 9.59 Å². The molecule has 34 heavy (non-hydrogen) atoms. The van der Waals surface area contributed by atoms with Crippen LogP contribution in [0.5, 0.6) is 5.75 Å². The van der Waals surface area contributed by atoms with Gasteiger partial charge in [0.05, 0.1) is 25.3 Å². The summed E-state index contributed by atoms with van der Waals surface area (Å²) in [7, 11) is 1.60. The van der Waals surface area contributed by atoms with E-state index in [-0.39, 0.29) is 30.0 Å². The summed E-state index contributed by atoms with van der Waals surface area (Å²) in [6, 6.07) is 14.6. The number of nitrogens with zero attached hydrogens (tertiary/aromatic N) is 3. The molecule has 0 fully saturated rings. The quantitative estimate of drug-likeness (QED) is 0.319. The summed E-state index contributed by atoms with van der Waals surface area (Å²) in [6.45, 7) is 8.07. The molecular formula is C25H29N5O3S. The Hall–Kier alpha value is -3.59. The van der Waals surface area contributed by atoms with Crippen LogP contribution in [0.4, 0.5) is 5.69 Å². The summed E-state index contributed by atoms with van der Waals surface area (Å²) in [5.74, 6) is 1.27. The maximum absolute atomic E-state index is 12.6. The van der Waals surface area contributed by atoms with Crippen LogP contribution in [0.25, 0.3) is 0 Å². The Morgan fingerprint density at radius 2 is 1.88 bits per heavy atom. The maximum atomic E-state index is 12.6. The summed E-state index contributed by atoms with van der Waals surface area (Å²) in [4.78, 5) is 25.0. The Morgan fingerprint density at radius 3 is 2.56 bits per heavy atom. The molecule has 8 nitrogen and oxygen atoms in total. The second kappa shape index (κ2) is 12.0. The van der Waals surface area contributed by atoms with Crippen molar-refractivity contribution in [3.05, 3.63) is 78.1 Å². The minimum Gasteiger partial charge on any atom is -0.497 e. The van der Waals surface area contributed by atoms with Crippen LogP contribution in [0.3, 0.4) is 0 Å². The van der Waals surface area contributed by atoms with Crippen molar-refractivity contribution in [2.45, 2.75) is 38.0 Å². The van der Waals surface area contributed by atoms with Gasteiger partial charge < -0.3 is 19.9 Å². The van der Waals surface area contributed by atoms with E-state index in [1.54, 1.807) is 13.2 Å². The molecule has 1 heterocycles. The van der Waals surface area contributed by atoms with Crippen molar-refractivity contribution in [3.8, 4) is 5.75 Å². The van der Waals surface area contributed by atoms with Gasteiger partial charge >= 0.3 is 0 Å². The second-order valence-electron chi connectivity index (χ2n) is 7.71. The minimum atomic E-state index is -0.367. The number of ether oxygens (including phenoxy) is 1. The Kier molecular flexibility index (Phi) is 8.86.